The number of amides is 2. The van der Waals surface area contributed by atoms with E-state index in [1.54, 1.807) is 18.2 Å². The van der Waals surface area contributed by atoms with Crippen molar-refractivity contribution in [2.75, 3.05) is 13.2 Å². The minimum Gasteiger partial charge on any atom is -0.493 e. The summed E-state index contributed by atoms with van der Waals surface area (Å²) in [4.78, 5) is 11.7. The van der Waals surface area contributed by atoms with E-state index in [1.807, 2.05) is 32.0 Å². The minimum absolute atomic E-state index is 0.164. The normalized spacial score (nSPS) is 10.3. The zero-order valence-corrected chi connectivity index (χ0v) is 14.1. The van der Waals surface area contributed by atoms with Crippen LogP contribution < -0.4 is 15.4 Å². The molecule has 0 saturated heterocycles. The Balaban J connectivity index is 1.64. The van der Waals surface area contributed by atoms with E-state index in [-0.39, 0.29) is 18.4 Å². The van der Waals surface area contributed by atoms with E-state index in [1.165, 1.54) is 6.07 Å². The fraction of sp³-hybridized carbons (Fsp3) is 0.316. The van der Waals surface area contributed by atoms with Gasteiger partial charge in [-0.2, -0.15) is 0 Å². The molecule has 0 aliphatic rings. The van der Waals surface area contributed by atoms with Crippen molar-refractivity contribution in [3.63, 3.8) is 0 Å². The van der Waals surface area contributed by atoms with Crippen LogP contribution in [0.15, 0.2) is 42.5 Å². The predicted molar refractivity (Wildman–Crippen MR) is 92.7 cm³/mol. The van der Waals surface area contributed by atoms with Crippen LogP contribution in [0.4, 0.5) is 9.18 Å². The van der Waals surface area contributed by atoms with Crippen LogP contribution in [-0.2, 0) is 6.54 Å². The molecule has 2 aromatic rings. The summed E-state index contributed by atoms with van der Waals surface area (Å²) in [6.07, 6.45) is 0.695. The van der Waals surface area contributed by atoms with Gasteiger partial charge in [0.1, 0.15) is 11.6 Å². The second kappa shape index (κ2) is 8.91. The number of para-hydroxylation sites is 1. The Bertz CT molecular complexity index is 669. The van der Waals surface area contributed by atoms with Crippen molar-refractivity contribution in [3.05, 3.63) is 65.0 Å². The molecule has 128 valence electrons. The number of ether oxygens (including phenoxy) is 1. The maximum absolute atomic E-state index is 13.4. The fourth-order valence-corrected chi connectivity index (χ4v) is 2.35. The van der Waals surface area contributed by atoms with E-state index >= 15 is 0 Å². The highest BCUT2D eigenvalue weighted by molar-refractivity contribution is 5.73. The van der Waals surface area contributed by atoms with Crippen molar-refractivity contribution in [1.29, 1.82) is 0 Å². The summed E-state index contributed by atoms with van der Waals surface area (Å²) in [5.74, 6) is 0.585. The molecule has 0 aliphatic carbocycles. The molecule has 0 unspecified atom stereocenters. The predicted octanol–water partition coefficient (Wildman–Crippen LogP) is 3.71. The summed E-state index contributed by atoms with van der Waals surface area (Å²) in [5.41, 5.74) is 2.67. The molecule has 2 aromatic carbocycles. The molecule has 4 nitrogen and oxygen atoms in total. The number of benzene rings is 2. The number of carbonyl (C=O) groups is 1. The van der Waals surface area contributed by atoms with E-state index in [9.17, 15) is 9.18 Å². The maximum Gasteiger partial charge on any atom is 0.315 e. The summed E-state index contributed by atoms with van der Waals surface area (Å²) >= 11 is 0. The lowest BCUT2D eigenvalue weighted by atomic mass is 10.1. The highest BCUT2D eigenvalue weighted by Crippen LogP contribution is 2.22. The largest absolute Gasteiger partial charge is 0.493 e. The number of urea groups is 1. The van der Waals surface area contributed by atoms with E-state index in [2.05, 4.69) is 10.6 Å². The lowest BCUT2D eigenvalue weighted by Crippen LogP contribution is -2.36. The lowest BCUT2D eigenvalue weighted by Gasteiger charge is -2.12. The third kappa shape index (κ3) is 5.26. The molecular weight excluding hydrogens is 307 g/mol. The van der Waals surface area contributed by atoms with Crippen LogP contribution in [0.1, 0.15) is 23.1 Å². The molecule has 0 aromatic heterocycles. The van der Waals surface area contributed by atoms with Crippen LogP contribution in [0.25, 0.3) is 0 Å². The van der Waals surface area contributed by atoms with Crippen LogP contribution in [0.2, 0.25) is 0 Å². The lowest BCUT2D eigenvalue weighted by molar-refractivity contribution is 0.238. The molecule has 0 fully saturated rings. The van der Waals surface area contributed by atoms with E-state index in [0.29, 0.717) is 25.1 Å². The molecule has 0 bridgehead atoms. The molecule has 0 heterocycles. The maximum atomic E-state index is 13.4. The number of nitrogens with one attached hydrogen (secondary N) is 2. The van der Waals surface area contributed by atoms with Crippen LogP contribution in [0, 0.1) is 19.7 Å². The molecule has 2 N–H and O–H groups in total. The highest BCUT2D eigenvalue weighted by Gasteiger charge is 2.05. The molecular formula is C19H23FN2O2. The number of rotatable bonds is 7. The van der Waals surface area contributed by atoms with E-state index in [0.717, 1.165) is 16.9 Å². The van der Waals surface area contributed by atoms with Gasteiger partial charge >= 0.3 is 6.03 Å². The van der Waals surface area contributed by atoms with Crippen molar-refractivity contribution in [2.45, 2.75) is 26.8 Å². The van der Waals surface area contributed by atoms with Gasteiger partial charge in [0, 0.05) is 18.7 Å². The molecule has 2 amide bonds. The van der Waals surface area contributed by atoms with E-state index in [4.69, 9.17) is 4.74 Å². The first-order chi connectivity index (χ1) is 11.6. The van der Waals surface area contributed by atoms with Gasteiger partial charge in [0.05, 0.1) is 6.61 Å². The molecule has 0 saturated carbocycles. The van der Waals surface area contributed by atoms with Crippen molar-refractivity contribution >= 4 is 6.03 Å². The van der Waals surface area contributed by atoms with Gasteiger partial charge in [0.2, 0.25) is 0 Å². The van der Waals surface area contributed by atoms with Gasteiger partial charge in [-0.1, -0.05) is 36.4 Å². The molecule has 0 atom stereocenters. The van der Waals surface area contributed by atoms with Gasteiger partial charge < -0.3 is 15.4 Å². The Morgan fingerprint density at radius 1 is 1.04 bits per heavy atom. The minimum atomic E-state index is -0.320. The summed E-state index contributed by atoms with van der Waals surface area (Å²) in [7, 11) is 0. The van der Waals surface area contributed by atoms with Crippen molar-refractivity contribution in [1.82, 2.24) is 10.6 Å². The van der Waals surface area contributed by atoms with E-state index < -0.39 is 0 Å². The van der Waals surface area contributed by atoms with Crippen molar-refractivity contribution < 1.29 is 13.9 Å². The Labute approximate surface area is 142 Å². The van der Waals surface area contributed by atoms with Gasteiger partial charge in [-0.3, -0.25) is 0 Å². The van der Waals surface area contributed by atoms with Gasteiger partial charge in [0.15, 0.2) is 0 Å². The number of hydrogen-bond donors (Lipinski definition) is 2. The molecule has 0 spiro atoms. The second-order valence-corrected chi connectivity index (χ2v) is 5.62. The van der Waals surface area contributed by atoms with Gasteiger partial charge in [-0.05, 0) is 37.5 Å². The summed E-state index contributed by atoms with van der Waals surface area (Å²) in [6, 6.07) is 12.1. The number of carbonyl (C=O) groups excluding carboxylic acids is 1. The van der Waals surface area contributed by atoms with Crippen molar-refractivity contribution in [3.8, 4) is 5.75 Å². The van der Waals surface area contributed by atoms with Crippen LogP contribution >= 0.6 is 0 Å². The zero-order valence-electron chi connectivity index (χ0n) is 14.1. The average molecular weight is 330 g/mol. The fourth-order valence-electron chi connectivity index (χ4n) is 2.35. The highest BCUT2D eigenvalue weighted by atomic mass is 19.1. The monoisotopic (exact) mass is 330 g/mol. The summed E-state index contributed by atoms with van der Waals surface area (Å²) in [6.45, 7) is 5.21. The number of aryl methyl sites for hydroxylation is 2. The third-order valence-electron chi connectivity index (χ3n) is 3.66. The van der Waals surface area contributed by atoms with Gasteiger partial charge in [0.25, 0.3) is 0 Å². The Morgan fingerprint density at radius 2 is 1.75 bits per heavy atom. The smallest absolute Gasteiger partial charge is 0.315 e. The first kappa shape index (κ1) is 17.8. The zero-order chi connectivity index (χ0) is 17.4. The molecule has 0 aliphatic heterocycles. The average Bonchev–Trinajstić information content (AvgIpc) is 2.56. The SMILES string of the molecule is Cc1cccc(C)c1OCCCNC(=O)NCc1ccccc1F. The summed E-state index contributed by atoms with van der Waals surface area (Å²) < 4.78 is 19.2. The Morgan fingerprint density at radius 3 is 2.46 bits per heavy atom. The van der Waals surface area contributed by atoms with Crippen LogP contribution in [0.3, 0.4) is 0 Å². The molecule has 24 heavy (non-hydrogen) atoms. The standard InChI is InChI=1S/C19H23FN2O2/c1-14-7-5-8-15(2)18(14)24-12-6-11-21-19(23)22-13-16-9-3-4-10-17(16)20/h3-5,7-10H,6,11-13H2,1-2H3,(H2,21,22,23). The van der Waals surface area contributed by atoms with Crippen LogP contribution in [0.5, 0.6) is 5.75 Å². The first-order valence-corrected chi connectivity index (χ1v) is 8.02. The second-order valence-electron chi connectivity index (χ2n) is 5.62. The van der Waals surface area contributed by atoms with Gasteiger partial charge in [-0.15, -0.1) is 0 Å². The quantitative estimate of drug-likeness (QED) is 0.760. The Kier molecular flexibility index (Phi) is 6.61. The third-order valence-corrected chi connectivity index (χ3v) is 3.66. The summed E-state index contributed by atoms with van der Waals surface area (Å²) in [5, 5.41) is 5.37. The topological polar surface area (TPSA) is 50.4 Å². The number of halogens is 1. The first-order valence-electron chi connectivity index (χ1n) is 8.02. The number of hydrogen-bond acceptors (Lipinski definition) is 2. The Hall–Kier alpha value is -2.56. The molecule has 0 radical (unpaired) electrons. The van der Waals surface area contributed by atoms with Crippen molar-refractivity contribution in [2.24, 2.45) is 0 Å². The molecule has 5 heteroatoms. The van der Waals surface area contributed by atoms with Crippen LogP contribution in [-0.4, -0.2) is 19.2 Å². The molecule has 2 rings (SSSR count). The van der Waals surface area contributed by atoms with Gasteiger partial charge in [-0.25, -0.2) is 9.18 Å².